The van der Waals surface area contributed by atoms with E-state index < -0.39 is 23.6 Å². The summed E-state index contributed by atoms with van der Waals surface area (Å²) in [6.45, 7) is 0. The topological polar surface area (TPSA) is 90.8 Å². The third kappa shape index (κ3) is 5.34. The highest BCUT2D eigenvalue weighted by Gasteiger charge is 2.30. The van der Waals surface area contributed by atoms with Crippen LogP contribution in [-0.4, -0.2) is 23.1 Å². The van der Waals surface area contributed by atoms with Crippen molar-refractivity contribution in [3.05, 3.63) is 59.7 Å². The Bertz CT molecular complexity index is 802. The molecular weight excluding hydrogens is 339 g/mol. The first-order valence-corrected chi connectivity index (χ1v) is 6.86. The molecular formula is C16H12F3N3O3. The van der Waals surface area contributed by atoms with Crippen molar-refractivity contribution in [3.8, 4) is 5.75 Å². The molecule has 130 valence electrons. The van der Waals surface area contributed by atoms with Crippen LogP contribution in [0, 0.1) is 0 Å². The van der Waals surface area contributed by atoms with Gasteiger partial charge in [-0.05, 0) is 48.0 Å². The summed E-state index contributed by atoms with van der Waals surface area (Å²) in [5.74, 6) is -2.25. The molecule has 0 saturated carbocycles. The van der Waals surface area contributed by atoms with Gasteiger partial charge in [0.2, 0.25) is 0 Å². The molecule has 2 aromatic carbocycles. The molecule has 2 rings (SSSR count). The molecule has 6 nitrogen and oxygen atoms in total. The number of carbonyl (C=O) groups excluding carboxylic acids is 2. The summed E-state index contributed by atoms with van der Waals surface area (Å²) >= 11 is 0. The van der Waals surface area contributed by atoms with Gasteiger partial charge in [-0.15, -0.1) is 0 Å². The Balaban J connectivity index is 1.94. The first kappa shape index (κ1) is 18.0. The second-order valence-electron chi connectivity index (χ2n) is 4.82. The molecule has 2 amide bonds. The molecule has 0 radical (unpaired) electrons. The third-order valence-corrected chi connectivity index (χ3v) is 2.93. The number of hydrazone groups is 1. The molecule has 0 aromatic heterocycles. The second-order valence-corrected chi connectivity index (χ2v) is 4.82. The molecule has 0 aliphatic carbocycles. The molecule has 0 unspecified atom stereocenters. The highest BCUT2D eigenvalue weighted by atomic mass is 19.4. The number of halogens is 3. The number of hydrogen-bond donors (Lipinski definition) is 3. The lowest BCUT2D eigenvalue weighted by molar-refractivity contribution is -0.137. The first-order valence-electron chi connectivity index (χ1n) is 6.86. The SMILES string of the molecule is O=C(N/N=C\c1ccc(O)cc1)C(=O)Nc1cccc(C(F)(F)F)c1. The molecule has 0 aliphatic heterocycles. The van der Waals surface area contributed by atoms with Crippen molar-refractivity contribution in [2.45, 2.75) is 6.18 Å². The number of nitrogens with one attached hydrogen (secondary N) is 2. The lowest BCUT2D eigenvalue weighted by Gasteiger charge is -2.09. The van der Waals surface area contributed by atoms with E-state index in [0.717, 1.165) is 12.1 Å². The standard InChI is InChI=1S/C16H12F3N3O3/c17-16(18,19)11-2-1-3-12(8-11)21-14(24)15(25)22-20-9-10-4-6-13(23)7-5-10/h1-9,23H,(H,21,24)(H,22,25)/b20-9-. The van der Waals surface area contributed by atoms with Crippen LogP contribution >= 0.6 is 0 Å². The Morgan fingerprint density at radius 3 is 2.36 bits per heavy atom. The summed E-state index contributed by atoms with van der Waals surface area (Å²) in [4.78, 5) is 23.2. The average molecular weight is 351 g/mol. The van der Waals surface area contributed by atoms with Crippen molar-refractivity contribution in [3.63, 3.8) is 0 Å². The van der Waals surface area contributed by atoms with E-state index >= 15 is 0 Å². The molecule has 0 bridgehead atoms. The minimum absolute atomic E-state index is 0.0571. The summed E-state index contributed by atoms with van der Waals surface area (Å²) in [6.07, 6.45) is -3.33. The van der Waals surface area contributed by atoms with Crippen LogP contribution in [0.5, 0.6) is 5.75 Å². The molecule has 3 N–H and O–H groups in total. The third-order valence-electron chi connectivity index (χ3n) is 2.93. The maximum Gasteiger partial charge on any atom is 0.416 e. The highest BCUT2D eigenvalue weighted by Crippen LogP contribution is 2.30. The predicted molar refractivity (Wildman–Crippen MR) is 83.9 cm³/mol. The molecule has 9 heteroatoms. The highest BCUT2D eigenvalue weighted by molar-refractivity contribution is 6.39. The van der Waals surface area contributed by atoms with Gasteiger partial charge < -0.3 is 10.4 Å². The fourth-order valence-electron chi connectivity index (χ4n) is 1.74. The number of anilines is 1. The van der Waals surface area contributed by atoms with Crippen LogP contribution in [-0.2, 0) is 15.8 Å². The zero-order valence-corrected chi connectivity index (χ0v) is 12.5. The van der Waals surface area contributed by atoms with E-state index in [0.29, 0.717) is 11.6 Å². The van der Waals surface area contributed by atoms with Gasteiger partial charge in [0.1, 0.15) is 5.75 Å². The summed E-state index contributed by atoms with van der Waals surface area (Å²) in [7, 11) is 0. The van der Waals surface area contributed by atoms with E-state index in [9.17, 15) is 22.8 Å². The van der Waals surface area contributed by atoms with E-state index in [-0.39, 0.29) is 11.4 Å². The largest absolute Gasteiger partial charge is 0.508 e. The van der Waals surface area contributed by atoms with E-state index in [4.69, 9.17) is 5.11 Å². The Hall–Kier alpha value is -3.36. The summed E-state index contributed by atoms with van der Waals surface area (Å²) in [5, 5.41) is 14.7. The first-order chi connectivity index (χ1) is 11.8. The number of phenols is 1. The minimum atomic E-state index is -4.56. The van der Waals surface area contributed by atoms with Gasteiger partial charge in [-0.2, -0.15) is 18.3 Å². The van der Waals surface area contributed by atoms with Crippen LogP contribution in [0.2, 0.25) is 0 Å². The van der Waals surface area contributed by atoms with Gasteiger partial charge in [-0.3, -0.25) is 9.59 Å². The fraction of sp³-hybridized carbons (Fsp3) is 0.0625. The minimum Gasteiger partial charge on any atom is -0.508 e. The molecule has 2 aromatic rings. The zero-order valence-electron chi connectivity index (χ0n) is 12.5. The van der Waals surface area contributed by atoms with Crippen molar-refractivity contribution in [1.82, 2.24) is 5.43 Å². The summed E-state index contributed by atoms with van der Waals surface area (Å²) < 4.78 is 37.8. The van der Waals surface area contributed by atoms with E-state index in [1.165, 1.54) is 36.5 Å². The predicted octanol–water partition coefficient (Wildman–Crippen LogP) is 2.50. The molecule has 25 heavy (non-hydrogen) atoms. The van der Waals surface area contributed by atoms with Crippen LogP contribution in [0.15, 0.2) is 53.6 Å². The number of nitrogens with zero attached hydrogens (tertiary/aromatic N) is 1. The van der Waals surface area contributed by atoms with E-state index in [1.54, 1.807) is 0 Å². The normalized spacial score (nSPS) is 11.3. The van der Waals surface area contributed by atoms with E-state index in [1.807, 2.05) is 5.43 Å². The molecule has 0 aliphatic rings. The Kier molecular flexibility index (Phi) is 5.38. The lowest BCUT2D eigenvalue weighted by Crippen LogP contribution is -2.32. The van der Waals surface area contributed by atoms with Gasteiger partial charge in [0, 0.05) is 5.69 Å². The number of phenolic OH excluding ortho intramolecular Hbond substituents is 1. The van der Waals surface area contributed by atoms with Gasteiger partial charge in [-0.25, -0.2) is 5.43 Å². The van der Waals surface area contributed by atoms with Crippen LogP contribution in [0.4, 0.5) is 18.9 Å². The van der Waals surface area contributed by atoms with Crippen LogP contribution < -0.4 is 10.7 Å². The number of hydrogen-bond acceptors (Lipinski definition) is 4. The van der Waals surface area contributed by atoms with Crippen molar-refractivity contribution in [2.75, 3.05) is 5.32 Å². The van der Waals surface area contributed by atoms with Gasteiger partial charge in [0.05, 0.1) is 11.8 Å². The lowest BCUT2D eigenvalue weighted by atomic mass is 10.2. The zero-order chi connectivity index (χ0) is 18.4. The summed E-state index contributed by atoms with van der Waals surface area (Å²) in [5.41, 5.74) is 1.38. The van der Waals surface area contributed by atoms with Gasteiger partial charge in [0.25, 0.3) is 0 Å². The van der Waals surface area contributed by atoms with Crippen LogP contribution in [0.25, 0.3) is 0 Å². The second kappa shape index (κ2) is 7.47. The number of amides is 2. The quantitative estimate of drug-likeness (QED) is 0.451. The fourth-order valence-corrected chi connectivity index (χ4v) is 1.74. The van der Waals surface area contributed by atoms with E-state index in [2.05, 4.69) is 10.4 Å². The van der Waals surface area contributed by atoms with Gasteiger partial charge >= 0.3 is 18.0 Å². The van der Waals surface area contributed by atoms with Gasteiger partial charge in [-0.1, -0.05) is 6.07 Å². The maximum absolute atomic E-state index is 12.6. The maximum atomic E-state index is 12.6. The monoisotopic (exact) mass is 351 g/mol. The van der Waals surface area contributed by atoms with Crippen molar-refractivity contribution < 1.29 is 27.9 Å². The molecule has 0 atom stereocenters. The number of aromatic hydroxyl groups is 1. The van der Waals surface area contributed by atoms with Gasteiger partial charge in [0.15, 0.2) is 0 Å². The Morgan fingerprint density at radius 1 is 1.04 bits per heavy atom. The van der Waals surface area contributed by atoms with Crippen molar-refractivity contribution in [2.24, 2.45) is 5.10 Å². The molecule has 0 saturated heterocycles. The molecule has 0 heterocycles. The van der Waals surface area contributed by atoms with Crippen molar-refractivity contribution in [1.29, 1.82) is 0 Å². The number of carbonyl (C=O) groups is 2. The van der Waals surface area contributed by atoms with Crippen LogP contribution in [0.1, 0.15) is 11.1 Å². The number of rotatable bonds is 3. The average Bonchev–Trinajstić information content (AvgIpc) is 2.56. The van der Waals surface area contributed by atoms with Crippen molar-refractivity contribution >= 4 is 23.7 Å². The Labute approximate surface area is 140 Å². The number of benzene rings is 2. The smallest absolute Gasteiger partial charge is 0.416 e. The summed E-state index contributed by atoms with van der Waals surface area (Å²) in [6, 6.07) is 9.75. The molecule has 0 fully saturated rings. The Morgan fingerprint density at radius 2 is 1.72 bits per heavy atom. The molecule has 0 spiro atoms. The van der Waals surface area contributed by atoms with Crippen LogP contribution in [0.3, 0.4) is 0 Å². The number of alkyl halides is 3.